The number of ether oxygens (including phenoxy) is 1. The van der Waals surface area contributed by atoms with Crippen LogP contribution in [0.1, 0.15) is 24.5 Å². The quantitative estimate of drug-likeness (QED) is 0.251. The van der Waals surface area contributed by atoms with Gasteiger partial charge in [-0.2, -0.15) is 0 Å². The second-order valence-corrected chi connectivity index (χ2v) is 4.19. The van der Waals surface area contributed by atoms with Crippen molar-refractivity contribution in [2.45, 2.75) is 25.9 Å². The van der Waals surface area contributed by atoms with Crippen molar-refractivity contribution in [3.63, 3.8) is 0 Å². The Hall–Kier alpha value is -1.79. The molecule has 0 saturated carbocycles. The molecule has 1 rings (SSSR count). The van der Waals surface area contributed by atoms with Crippen LogP contribution >= 0.6 is 0 Å². The summed E-state index contributed by atoms with van der Waals surface area (Å²) in [4.78, 5) is 0. The molecule has 0 saturated heterocycles. The molecule has 1 unspecified atom stereocenters. The van der Waals surface area contributed by atoms with Crippen molar-refractivity contribution in [3.05, 3.63) is 29.3 Å². The van der Waals surface area contributed by atoms with E-state index in [4.69, 9.17) is 20.8 Å². The molecule has 1 aromatic rings. The van der Waals surface area contributed by atoms with Gasteiger partial charge in [-0.15, -0.1) is 0 Å². The number of hydrogen-bond donors (Lipinski definition) is 4. The van der Waals surface area contributed by atoms with E-state index >= 15 is 0 Å². The highest BCUT2D eigenvalue weighted by atomic mass is 16.5. The van der Waals surface area contributed by atoms with Crippen molar-refractivity contribution in [2.75, 3.05) is 13.7 Å². The summed E-state index contributed by atoms with van der Waals surface area (Å²) >= 11 is 0. The molecule has 6 nitrogen and oxygen atoms in total. The van der Waals surface area contributed by atoms with Gasteiger partial charge in [0.1, 0.15) is 5.75 Å². The molecule has 0 aliphatic heterocycles. The van der Waals surface area contributed by atoms with E-state index in [1.54, 1.807) is 12.1 Å². The minimum absolute atomic E-state index is 0.00731. The number of nitrogens with zero attached hydrogens (tertiary/aromatic N) is 1. The maximum atomic E-state index is 9.11. The van der Waals surface area contributed by atoms with Crippen molar-refractivity contribution in [1.82, 2.24) is 5.32 Å². The Balaban J connectivity index is 2.86. The third-order valence-electron chi connectivity index (χ3n) is 2.96. The number of aliphatic hydroxyl groups is 1. The van der Waals surface area contributed by atoms with Crippen molar-refractivity contribution < 1.29 is 15.1 Å². The fraction of sp³-hybridized carbons (Fsp3) is 0.462. The number of oxime groups is 1. The van der Waals surface area contributed by atoms with Gasteiger partial charge in [0, 0.05) is 12.6 Å². The van der Waals surface area contributed by atoms with E-state index in [0.717, 1.165) is 12.0 Å². The third kappa shape index (κ3) is 4.11. The van der Waals surface area contributed by atoms with Gasteiger partial charge in [0.25, 0.3) is 0 Å². The van der Waals surface area contributed by atoms with Crippen LogP contribution in [0.25, 0.3) is 0 Å². The van der Waals surface area contributed by atoms with E-state index in [1.807, 2.05) is 13.0 Å². The molecular weight excluding hydrogens is 246 g/mol. The molecule has 0 radical (unpaired) electrons. The van der Waals surface area contributed by atoms with Crippen LogP contribution in [0, 0.1) is 0 Å². The van der Waals surface area contributed by atoms with Crippen LogP contribution in [0.4, 0.5) is 0 Å². The predicted octanol–water partition coefficient (Wildman–Crippen LogP) is 0.650. The average Bonchev–Trinajstić information content (AvgIpc) is 2.47. The maximum absolute atomic E-state index is 9.11. The van der Waals surface area contributed by atoms with E-state index in [0.29, 0.717) is 17.9 Å². The van der Waals surface area contributed by atoms with Gasteiger partial charge in [0.2, 0.25) is 0 Å². The Morgan fingerprint density at radius 2 is 2.26 bits per heavy atom. The molecule has 0 fully saturated rings. The van der Waals surface area contributed by atoms with Gasteiger partial charge in [0.15, 0.2) is 5.84 Å². The second kappa shape index (κ2) is 7.60. The number of benzene rings is 1. The topological polar surface area (TPSA) is 100 Å². The zero-order valence-corrected chi connectivity index (χ0v) is 11.3. The monoisotopic (exact) mass is 267 g/mol. The summed E-state index contributed by atoms with van der Waals surface area (Å²) in [5.41, 5.74) is 7.12. The second-order valence-electron chi connectivity index (χ2n) is 4.19. The summed E-state index contributed by atoms with van der Waals surface area (Å²) in [6.07, 6.45) is 0.847. The summed E-state index contributed by atoms with van der Waals surface area (Å²) in [7, 11) is 1.53. The van der Waals surface area contributed by atoms with Crippen molar-refractivity contribution in [1.29, 1.82) is 0 Å². The number of hydrogen-bond acceptors (Lipinski definition) is 5. The lowest BCUT2D eigenvalue weighted by molar-refractivity contribution is 0.238. The van der Waals surface area contributed by atoms with Gasteiger partial charge in [-0.05, 0) is 24.1 Å². The summed E-state index contributed by atoms with van der Waals surface area (Å²) < 4.78 is 5.16. The predicted molar refractivity (Wildman–Crippen MR) is 73.5 cm³/mol. The standard InChI is InChI=1S/C13H21N3O3/c1-3-10(8-17)15-7-9-4-5-12(19-2)11(6-9)13(14)16-18/h4-6,10,15,17-18H,3,7-8H2,1-2H3,(H2,14,16). The normalized spacial score (nSPS) is 13.3. The van der Waals surface area contributed by atoms with Gasteiger partial charge in [-0.3, -0.25) is 0 Å². The van der Waals surface area contributed by atoms with E-state index in [9.17, 15) is 0 Å². The molecule has 0 heterocycles. The smallest absolute Gasteiger partial charge is 0.173 e. The lowest BCUT2D eigenvalue weighted by atomic mass is 10.1. The van der Waals surface area contributed by atoms with E-state index in [2.05, 4.69) is 10.5 Å². The minimum atomic E-state index is 0.00731. The van der Waals surface area contributed by atoms with Gasteiger partial charge >= 0.3 is 0 Å². The molecule has 6 heteroatoms. The summed E-state index contributed by atoms with van der Waals surface area (Å²) in [5, 5.41) is 24.1. The van der Waals surface area contributed by atoms with Crippen LogP contribution in [0.2, 0.25) is 0 Å². The lowest BCUT2D eigenvalue weighted by Crippen LogP contribution is -2.31. The molecule has 5 N–H and O–H groups in total. The van der Waals surface area contributed by atoms with E-state index < -0.39 is 0 Å². The molecule has 0 aromatic heterocycles. The highest BCUT2D eigenvalue weighted by Gasteiger charge is 2.10. The number of nitrogens with one attached hydrogen (secondary N) is 1. The molecular formula is C13H21N3O3. The fourth-order valence-corrected chi connectivity index (χ4v) is 1.72. The lowest BCUT2D eigenvalue weighted by Gasteiger charge is -2.15. The molecule has 1 aromatic carbocycles. The largest absolute Gasteiger partial charge is 0.496 e. The van der Waals surface area contributed by atoms with Crippen molar-refractivity contribution in [2.24, 2.45) is 10.9 Å². The van der Waals surface area contributed by atoms with E-state index in [1.165, 1.54) is 7.11 Å². The van der Waals surface area contributed by atoms with Gasteiger partial charge in [-0.1, -0.05) is 18.1 Å². The maximum Gasteiger partial charge on any atom is 0.173 e. The molecule has 0 aliphatic carbocycles. The Morgan fingerprint density at radius 1 is 1.53 bits per heavy atom. The Kier molecular flexibility index (Phi) is 6.11. The summed E-state index contributed by atoms with van der Waals surface area (Å²) in [5.74, 6) is 0.557. The first kappa shape index (κ1) is 15.3. The first-order valence-electron chi connectivity index (χ1n) is 6.15. The molecule has 19 heavy (non-hydrogen) atoms. The van der Waals surface area contributed by atoms with Crippen molar-refractivity contribution >= 4 is 5.84 Å². The van der Waals surface area contributed by atoms with Gasteiger partial charge in [0.05, 0.1) is 19.3 Å². The SMILES string of the molecule is CCC(CO)NCc1ccc(OC)c(C(N)=NO)c1. The van der Waals surface area contributed by atoms with Gasteiger partial charge < -0.3 is 26.1 Å². The first-order chi connectivity index (χ1) is 9.15. The highest BCUT2D eigenvalue weighted by molar-refractivity contribution is 5.99. The molecule has 0 bridgehead atoms. The number of methoxy groups -OCH3 is 1. The Bertz CT molecular complexity index is 431. The minimum Gasteiger partial charge on any atom is -0.496 e. The number of aliphatic hydroxyl groups excluding tert-OH is 1. The van der Waals surface area contributed by atoms with Crippen LogP contribution in [-0.4, -0.2) is 35.9 Å². The molecule has 0 spiro atoms. The number of nitrogens with two attached hydrogens (primary N) is 1. The van der Waals surface area contributed by atoms with Crippen molar-refractivity contribution in [3.8, 4) is 5.75 Å². The Morgan fingerprint density at radius 3 is 2.79 bits per heavy atom. The number of rotatable bonds is 7. The van der Waals surface area contributed by atoms with Crippen LogP contribution in [0.15, 0.2) is 23.4 Å². The average molecular weight is 267 g/mol. The number of amidine groups is 1. The first-order valence-corrected chi connectivity index (χ1v) is 6.15. The fourth-order valence-electron chi connectivity index (χ4n) is 1.72. The van der Waals surface area contributed by atoms with Crippen LogP contribution < -0.4 is 15.8 Å². The zero-order valence-electron chi connectivity index (χ0n) is 11.3. The van der Waals surface area contributed by atoms with Gasteiger partial charge in [-0.25, -0.2) is 0 Å². The zero-order chi connectivity index (χ0) is 14.3. The van der Waals surface area contributed by atoms with Crippen LogP contribution in [0.3, 0.4) is 0 Å². The Labute approximate surface area is 112 Å². The molecule has 1 atom stereocenters. The molecule has 0 aliphatic rings. The molecule has 106 valence electrons. The summed E-state index contributed by atoms with van der Waals surface area (Å²) in [6, 6.07) is 5.52. The highest BCUT2D eigenvalue weighted by Crippen LogP contribution is 2.19. The summed E-state index contributed by atoms with van der Waals surface area (Å²) in [6.45, 7) is 2.69. The third-order valence-corrected chi connectivity index (χ3v) is 2.96. The van der Waals surface area contributed by atoms with E-state index in [-0.39, 0.29) is 18.5 Å². The van der Waals surface area contributed by atoms with Crippen LogP contribution in [0.5, 0.6) is 5.75 Å². The van der Waals surface area contributed by atoms with Crippen LogP contribution in [-0.2, 0) is 6.54 Å². The molecule has 0 amide bonds.